The molecule has 2 aromatic carbocycles. The number of aromatic nitrogens is 2. The summed E-state index contributed by atoms with van der Waals surface area (Å²) in [5.74, 6) is 2.21. The summed E-state index contributed by atoms with van der Waals surface area (Å²) in [5, 5.41) is 0.653. The maximum atomic E-state index is 12.4. The average Bonchev–Trinajstić information content (AvgIpc) is 2.57. The van der Waals surface area contributed by atoms with E-state index in [9.17, 15) is 4.79 Å². The van der Waals surface area contributed by atoms with Crippen LogP contribution in [0.1, 0.15) is 5.82 Å². The highest BCUT2D eigenvalue weighted by molar-refractivity contribution is 7.98. The van der Waals surface area contributed by atoms with Crippen molar-refractivity contribution in [3.63, 3.8) is 0 Å². The molecule has 1 heterocycles. The number of hydrogen-bond acceptors (Lipinski definition) is 4. The number of nitrogens with zero attached hydrogens (tertiary/aromatic N) is 2. The third-order valence-corrected chi connectivity index (χ3v) is 4.47. The van der Waals surface area contributed by atoms with E-state index < -0.39 is 0 Å². The summed E-state index contributed by atoms with van der Waals surface area (Å²) in [7, 11) is 3.42. The number of methoxy groups -OCH3 is 1. The number of para-hydroxylation sites is 1. The fraction of sp³-hybridized carbons (Fsp3) is 0.176. The van der Waals surface area contributed by atoms with Crippen molar-refractivity contribution in [1.29, 1.82) is 0 Å². The van der Waals surface area contributed by atoms with Crippen LogP contribution in [0.4, 0.5) is 0 Å². The van der Waals surface area contributed by atoms with Crippen LogP contribution in [0.3, 0.4) is 0 Å². The highest BCUT2D eigenvalue weighted by atomic mass is 32.2. The van der Waals surface area contributed by atoms with Crippen LogP contribution in [0.5, 0.6) is 5.75 Å². The van der Waals surface area contributed by atoms with Gasteiger partial charge in [0.15, 0.2) is 0 Å². The monoisotopic (exact) mass is 312 g/mol. The van der Waals surface area contributed by atoms with E-state index in [1.807, 2.05) is 48.5 Å². The molecular formula is C17H16N2O2S. The van der Waals surface area contributed by atoms with Crippen LogP contribution in [0.2, 0.25) is 0 Å². The quantitative estimate of drug-likeness (QED) is 0.694. The molecule has 5 heteroatoms. The number of ether oxygens (including phenoxy) is 1. The molecule has 1 aromatic heterocycles. The van der Waals surface area contributed by atoms with Crippen molar-refractivity contribution in [3.8, 4) is 5.75 Å². The summed E-state index contributed by atoms with van der Waals surface area (Å²) < 4.78 is 6.84. The van der Waals surface area contributed by atoms with Gasteiger partial charge in [-0.15, -0.1) is 11.8 Å². The Kier molecular flexibility index (Phi) is 4.15. The average molecular weight is 312 g/mol. The predicted octanol–water partition coefficient (Wildman–Crippen LogP) is 3.23. The van der Waals surface area contributed by atoms with Crippen LogP contribution in [-0.2, 0) is 12.8 Å². The standard InChI is InChI=1S/C17H16N2O2S/c1-19-16(11-22-13-7-5-6-12(10-13)21-2)18-15-9-4-3-8-14(15)17(19)20/h3-10H,11H2,1-2H3. The van der Waals surface area contributed by atoms with Crippen LogP contribution in [0.15, 0.2) is 58.2 Å². The predicted molar refractivity (Wildman–Crippen MR) is 89.5 cm³/mol. The number of hydrogen-bond donors (Lipinski definition) is 0. The number of fused-ring (bicyclic) bond motifs is 1. The Bertz CT molecular complexity index is 874. The first-order valence-corrected chi connectivity index (χ1v) is 7.89. The molecule has 0 amide bonds. The normalized spacial score (nSPS) is 10.8. The summed E-state index contributed by atoms with van der Waals surface area (Å²) in [6.07, 6.45) is 0. The Morgan fingerprint density at radius 3 is 2.82 bits per heavy atom. The van der Waals surface area contributed by atoms with Gasteiger partial charge >= 0.3 is 0 Å². The molecule has 0 saturated heterocycles. The van der Waals surface area contributed by atoms with E-state index in [0.717, 1.165) is 22.0 Å². The molecule has 112 valence electrons. The van der Waals surface area contributed by atoms with Gasteiger partial charge in [-0.2, -0.15) is 0 Å². The molecule has 0 spiro atoms. The smallest absolute Gasteiger partial charge is 0.261 e. The zero-order chi connectivity index (χ0) is 15.5. The molecule has 3 aromatic rings. The van der Waals surface area contributed by atoms with Crippen LogP contribution >= 0.6 is 11.8 Å². The molecule has 0 unspecified atom stereocenters. The van der Waals surface area contributed by atoms with E-state index in [1.165, 1.54) is 0 Å². The lowest BCUT2D eigenvalue weighted by Gasteiger charge is -2.09. The Labute approximate surface area is 132 Å². The van der Waals surface area contributed by atoms with Crippen molar-refractivity contribution >= 4 is 22.7 Å². The van der Waals surface area contributed by atoms with Gasteiger partial charge in [-0.1, -0.05) is 18.2 Å². The van der Waals surface area contributed by atoms with Crippen molar-refractivity contribution in [3.05, 3.63) is 64.7 Å². The minimum atomic E-state index is -0.00755. The van der Waals surface area contributed by atoms with Gasteiger partial charge in [0.1, 0.15) is 11.6 Å². The second-order valence-corrected chi connectivity index (χ2v) is 5.93. The van der Waals surface area contributed by atoms with Crippen LogP contribution < -0.4 is 10.3 Å². The number of thioether (sulfide) groups is 1. The molecule has 0 atom stereocenters. The minimum absolute atomic E-state index is 0.00755. The van der Waals surface area contributed by atoms with E-state index in [4.69, 9.17) is 4.74 Å². The lowest BCUT2D eigenvalue weighted by Crippen LogP contribution is -2.21. The Hall–Kier alpha value is -2.27. The second-order valence-electron chi connectivity index (χ2n) is 4.88. The summed E-state index contributed by atoms with van der Waals surface area (Å²) in [6.45, 7) is 0. The second kappa shape index (κ2) is 6.23. The SMILES string of the molecule is COc1cccc(SCc2nc3ccccc3c(=O)n2C)c1. The van der Waals surface area contributed by atoms with Gasteiger partial charge < -0.3 is 4.74 Å². The Morgan fingerprint density at radius 2 is 2.00 bits per heavy atom. The maximum absolute atomic E-state index is 12.4. The molecule has 3 rings (SSSR count). The fourth-order valence-electron chi connectivity index (χ4n) is 2.23. The Balaban J connectivity index is 1.90. The summed E-state index contributed by atoms with van der Waals surface area (Å²) in [5.41, 5.74) is 0.735. The molecule has 0 N–H and O–H groups in total. The van der Waals surface area contributed by atoms with Crippen molar-refractivity contribution in [1.82, 2.24) is 9.55 Å². The highest BCUT2D eigenvalue weighted by Gasteiger charge is 2.08. The fourth-order valence-corrected chi connectivity index (χ4v) is 3.16. The Morgan fingerprint density at radius 1 is 1.18 bits per heavy atom. The highest BCUT2D eigenvalue weighted by Crippen LogP contribution is 2.25. The summed E-state index contributed by atoms with van der Waals surface area (Å²) >= 11 is 1.63. The van der Waals surface area contributed by atoms with Gasteiger partial charge in [-0.3, -0.25) is 9.36 Å². The van der Waals surface area contributed by atoms with E-state index in [0.29, 0.717) is 11.1 Å². The van der Waals surface area contributed by atoms with Crippen LogP contribution in [0, 0.1) is 0 Å². The first-order valence-electron chi connectivity index (χ1n) is 6.90. The zero-order valence-electron chi connectivity index (χ0n) is 12.4. The van der Waals surface area contributed by atoms with E-state index in [2.05, 4.69) is 4.98 Å². The van der Waals surface area contributed by atoms with Crippen LogP contribution in [-0.4, -0.2) is 16.7 Å². The lowest BCUT2D eigenvalue weighted by atomic mass is 10.2. The molecule has 0 aliphatic rings. The van der Waals surface area contributed by atoms with E-state index >= 15 is 0 Å². The lowest BCUT2D eigenvalue weighted by molar-refractivity contribution is 0.413. The number of rotatable bonds is 4. The van der Waals surface area contributed by atoms with Gasteiger partial charge in [0.05, 0.1) is 23.8 Å². The molecule has 4 nitrogen and oxygen atoms in total. The van der Waals surface area contributed by atoms with Crippen molar-refractivity contribution < 1.29 is 4.74 Å². The molecular weight excluding hydrogens is 296 g/mol. The topological polar surface area (TPSA) is 44.1 Å². The van der Waals surface area contributed by atoms with Gasteiger partial charge in [0.25, 0.3) is 5.56 Å². The van der Waals surface area contributed by atoms with E-state index in [-0.39, 0.29) is 5.56 Å². The number of benzene rings is 2. The molecule has 0 aliphatic heterocycles. The van der Waals surface area contributed by atoms with Crippen LogP contribution in [0.25, 0.3) is 10.9 Å². The van der Waals surface area contributed by atoms with Gasteiger partial charge in [0, 0.05) is 11.9 Å². The van der Waals surface area contributed by atoms with Crippen molar-refractivity contribution in [2.24, 2.45) is 7.05 Å². The van der Waals surface area contributed by atoms with E-state index in [1.54, 1.807) is 30.5 Å². The molecule has 0 radical (unpaired) electrons. The van der Waals surface area contributed by atoms with Gasteiger partial charge in [0.2, 0.25) is 0 Å². The molecule has 0 fully saturated rings. The third kappa shape index (κ3) is 2.85. The third-order valence-electron chi connectivity index (χ3n) is 3.48. The molecule has 22 heavy (non-hydrogen) atoms. The van der Waals surface area contributed by atoms with Crippen molar-refractivity contribution in [2.75, 3.05) is 7.11 Å². The minimum Gasteiger partial charge on any atom is -0.497 e. The summed E-state index contributed by atoms with van der Waals surface area (Å²) in [6, 6.07) is 15.3. The molecule has 0 aliphatic carbocycles. The van der Waals surface area contributed by atoms with Gasteiger partial charge in [-0.05, 0) is 30.3 Å². The maximum Gasteiger partial charge on any atom is 0.261 e. The van der Waals surface area contributed by atoms with Gasteiger partial charge in [-0.25, -0.2) is 4.98 Å². The first-order chi connectivity index (χ1) is 10.7. The first kappa shape index (κ1) is 14.7. The van der Waals surface area contributed by atoms with Crippen molar-refractivity contribution in [2.45, 2.75) is 10.6 Å². The summed E-state index contributed by atoms with van der Waals surface area (Å²) in [4.78, 5) is 18.0. The largest absolute Gasteiger partial charge is 0.497 e. The zero-order valence-corrected chi connectivity index (χ0v) is 13.3. The molecule has 0 saturated carbocycles. The molecule has 0 bridgehead atoms.